The zero-order valence-corrected chi connectivity index (χ0v) is 11.8. The summed E-state index contributed by atoms with van der Waals surface area (Å²) in [6, 6.07) is 0.756. The molecule has 0 radical (unpaired) electrons. The fourth-order valence-corrected chi connectivity index (χ4v) is 2.55. The highest BCUT2D eigenvalue weighted by atomic mass is 16.3. The molecule has 1 fully saturated rings. The SMILES string of the molecule is CC(C)NCCCC(=O)N1CCCCC1CCO. The van der Waals surface area contributed by atoms with Gasteiger partial charge in [0.25, 0.3) is 0 Å². The van der Waals surface area contributed by atoms with Crippen molar-refractivity contribution in [1.82, 2.24) is 10.2 Å². The number of piperidine rings is 1. The van der Waals surface area contributed by atoms with Gasteiger partial charge < -0.3 is 15.3 Å². The monoisotopic (exact) mass is 256 g/mol. The summed E-state index contributed by atoms with van der Waals surface area (Å²) in [5, 5.41) is 12.4. The standard InChI is InChI=1S/C14H28N2O2/c1-12(2)15-9-5-7-14(18)16-10-4-3-6-13(16)8-11-17/h12-13,15,17H,3-11H2,1-2H3. The van der Waals surface area contributed by atoms with Crippen molar-refractivity contribution < 1.29 is 9.90 Å². The summed E-state index contributed by atoms with van der Waals surface area (Å²) in [6.45, 7) is 6.19. The van der Waals surface area contributed by atoms with Crippen LogP contribution in [0.3, 0.4) is 0 Å². The number of aliphatic hydroxyl groups is 1. The first-order valence-electron chi connectivity index (χ1n) is 7.29. The highest BCUT2D eigenvalue weighted by Crippen LogP contribution is 2.20. The van der Waals surface area contributed by atoms with Gasteiger partial charge >= 0.3 is 0 Å². The first kappa shape index (κ1) is 15.4. The van der Waals surface area contributed by atoms with Crippen molar-refractivity contribution >= 4 is 5.91 Å². The largest absolute Gasteiger partial charge is 0.396 e. The molecule has 18 heavy (non-hydrogen) atoms. The third-order valence-corrected chi connectivity index (χ3v) is 3.53. The number of carbonyl (C=O) groups excluding carboxylic acids is 1. The first-order chi connectivity index (χ1) is 8.65. The van der Waals surface area contributed by atoms with E-state index in [0.29, 0.717) is 12.5 Å². The number of hydrogen-bond acceptors (Lipinski definition) is 3. The molecule has 1 amide bonds. The minimum atomic E-state index is 0.184. The molecular weight excluding hydrogens is 228 g/mol. The van der Waals surface area contributed by atoms with Gasteiger partial charge in [0.05, 0.1) is 0 Å². The van der Waals surface area contributed by atoms with Crippen LogP contribution < -0.4 is 5.32 Å². The summed E-state index contributed by atoms with van der Waals surface area (Å²) in [4.78, 5) is 14.1. The lowest BCUT2D eigenvalue weighted by Gasteiger charge is -2.35. The molecule has 0 aromatic heterocycles. The van der Waals surface area contributed by atoms with Crippen LogP contribution in [-0.2, 0) is 4.79 Å². The second-order valence-corrected chi connectivity index (χ2v) is 5.46. The van der Waals surface area contributed by atoms with E-state index in [1.54, 1.807) is 0 Å². The molecule has 4 nitrogen and oxygen atoms in total. The quantitative estimate of drug-likeness (QED) is 0.679. The molecule has 0 saturated carbocycles. The third kappa shape index (κ3) is 5.36. The van der Waals surface area contributed by atoms with E-state index in [2.05, 4.69) is 19.2 Å². The first-order valence-corrected chi connectivity index (χ1v) is 7.29. The van der Waals surface area contributed by atoms with Gasteiger partial charge in [0, 0.05) is 31.7 Å². The number of nitrogens with zero attached hydrogens (tertiary/aromatic N) is 1. The fraction of sp³-hybridized carbons (Fsp3) is 0.929. The van der Waals surface area contributed by atoms with Crippen LogP contribution >= 0.6 is 0 Å². The minimum Gasteiger partial charge on any atom is -0.396 e. The second-order valence-electron chi connectivity index (χ2n) is 5.46. The Labute approximate surface area is 111 Å². The molecule has 1 aliphatic heterocycles. The molecule has 1 unspecified atom stereocenters. The van der Waals surface area contributed by atoms with Crippen LogP contribution in [0.4, 0.5) is 0 Å². The van der Waals surface area contributed by atoms with Crippen LogP contribution in [0.2, 0.25) is 0 Å². The third-order valence-electron chi connectivity index (χ3n) is 3.53. The average molecular weight is 256 g/mol. The van der Waals surface area contributed by atoms with E-state index in [0.717, 1.165) is 38.8 Å². The molecule has 4 heteroatoms. The number of nitrogens with one attached hydrogen (secondary N) is 1. The molecule has 0 aliphatic carbocycles. The van der Waals surface area contributed by atoms with E-state index >= 15 is 0 Å². The zero-order chi connectivity index (χ0) is 13.4. The van der Waals surface area contributed by atoms with E-state index in [-0.39, 0.29) is 18.6 Å². The van der Waals surface area contributed by atoms with Gasteiger partial charge in [-0.05, 0) is 38.6 Å². The molecule has 0 aromatic rings. The molecule has 0 bridgehead atoms. The summed E-state index contributed by atoms with van der Waals surface area (Å²) in [7, 11) is 0. The lowest BCUT2D eigenvalue weighted by molar-refractivity contribution is -0.135. The molecule has 1 heterocycles. The highest BCUT2D eigenvalue weighted by Gasteiger charge is 2.25. The Bertz CT molecular complexity index is 242. The van der Waals surface area contributed by atoms with Crippen LogP contribution in [-0.4, -0.2) is 47.7 Å². The van der Waals surface area contributed by atoms with Gasteiger partial charge in [0.2, 0.25) is 5.91 Å². The second kappa shape index (κ2) is 8.48. The maximum absolute atomic E-state index is 12.1. The van der Waals surface area contributed by atoms with Gasteiger partial charge in [-0.25, -0.2) is 0 Å². The van der Waals surface area contributed by atoms with Gasteiger partial charge in [-0.3, -0.25) is 4.79 Å². The molecule has 1 saturated heterocycles. The Kier molecular flexibility index (Phi) is 7.28. The number of likely N-dealkylation sites (tertiary alicyclic amines) is 1. The van der Waals surface area contributed by atoms with E-state index in [1.165, 1.54) is 6.42 Å². The van der Waals surface area contributed by atoms with Gasteiger partial charge in [0.15, 0.2) is 0 Å². The lowest BCUT2D eigenvalue weighted by Crippen LogP contribution is -2.44. The smallest absolute Gasteiger partial charge is 0.222 e. The predicted octanol–water partition coefficient (Wildman–Crippen LogP) is 1.53. The van der Waals surface area contributed by atoms with Crippen molar-refractivity contribution in [2.45, 2.75) is 64.5 Å². The summed E-state index contributed by atoms with van der Waals surface area (Å²) in [5.74, 6) is 0.263. The van der Waals surface area contributed by atoms with Crippen molar-refractivity contribution in [1.29, 1.82) is 0 Å². The van der Waals surface area contributed by atoms with Crippen LogP contribution in [0.25, 0.3) is 0 Å². The number of carbonyl (C=O) groups is 1. The van der Waals surface area contributed by atoms with E-state index < -0.39 is 0 Å². The van der Waals surface area contributed by atoms with E-state index in [9.17, 15) is 4.79 Å². The average Bonchev–Trinajstić information content (AvgIpc) is 2.35. The number of amides is 1. The normalized spacial score (nSPS) is 20.4. The van der Waals surface area contributed by atoms with E-state index in [1.807, 2.05) is 4.90 Å². The van der Waals surface area contributed by atoms with Gasteiger partial charge in [0.1, 0.15) is 0 Å². The maximum atomic E-state index is 12.1. The molecule has 1 atom stereocenters. The highest BCUT2D eigenvalue weighted by molar-refractivity contribution is 5.76. The Balaban J connectivity index is 2.29. The maximum Gasteiger partial charge on any atom is 0.222 e. The van der Waals surface area contributed by atoms with Crippen LogP contribution in [0.5, 0.6) is 0 Å². The Morgan fingerprint density at radius 2 is 2.22 bits per heavy atom. The molecule has 0 aromatic carbocycles. The number of rotatable bonds is 7. The summed E-state index contributed by atoms with van der Waals surface area (Å²) in [6.07, 6.45) is 5.61. The van der Waals surface area contributed by atoms with Crippen molar-refractivity contribution in [2.75, 3.05) is 19.7 Å². The summed E-state index contributed by atoms with van der Waals surface area (Å²) >= 11 is 0. The van der Waals surface area contributed by atoms with Crippen molar-refractivity contribution in [3.8, 4) is 0 Å². The minimum absolute atomic E-state index is 0.184. The van der Waals surface area contributed by atoms with Crippen molar-refractivity contribution in [2.24, 2.45) is 0 Å². The van der Waals surface area contributed by atoms with Crippen LogP contribution in [0, 0.1) is 0 Å². The Morgan fingerprint density at radius 3 is 2.89 bits per heavy atom. The number of hydrogen-bond donors (Lipinski definition) is 2. The molecule has 1 aliphatic rings. The summed E-state index contributed by atoms with van der Waals surface area (Å²) in [5.41, 5.74) is 0. The van der Waals surface area contributed by atoms with Crippen molar-refractivity contribution in [3.63, 3.8) is 0 Å². The molecule has 1 rings (SSSR count). The zero-order valence-electron chi connectivity index (χ0n) is 11.8. The summed E-state index contributed by atoms with van der Waals surface area (Å²) < 4.78 is 0. The lowest BCUT2D eigenvalue weighted by atomic mass is 9.99. The van der Waals surface area contributed by atoms with Crippen molar-refractivity contribution in [3.05, 3.63) is 0 Å². The molecule has 2 N–H and O–H groups in total. The predicted molar refractivity (Wildman–Crippen MR) is 73.4 cm³/mol. The Hall–Kier alpha value is -0.610. The van der Waals surface area contributed by atoms with Gasteiger partial charge in [-0.2, -0.15) is 0 Å². The van der Waals surface area contributed by atoms with E-state index in [4.69, 9.17) is 5.11 Å². The van der Waals surface area contributed by atoms with Gasteiger partial charge in [-0.1, -0.05) is 13.8 Å². The van der Waals surface area contributed by atoms with Crippen LogP contribution in [0.1, 0.15) is 52.4 Å². The van der Waals surface area contributed by atoms with Gasteiger partial charge in [-0.15, -0.1) is 0 Å². The molecule has 106 valence electrons. The molecular formula is C14H28N2O2. The topological polar surface area (TPSA) is 52.6 Å². The Morgan fingerprint density at radius 1 is 1.44 bits per heavy atom. The number of aliphatic hydroxyl groups excluding tert-OH is 1. The molecule has 0 spiro atoms. The fourth-order valence-electron chi connectivity index (χ4n) is 2.55. The van der Waals surface area contributed by atoms with Crippen LogP contribution in [0.15, 0.2) is 0 Å².